The maximum Gasteiger partial charge on any atom is 0.338 e. The fourth-order valence-corrected chi connectivity index (χ4v) is 4.23. The van der Waals surface area contributed by atoms with Gasteiger partial charge in [0.05, 0.1) is 17.8 Å². The summed E-state index contributed by atoms with van der Waals surface area (Å²) >= 11 is 0. The minimum Gasteiger partial charge on any atom is -0.482 e. The van der Waals surface area contributed by atoms with E-state index in [1.807, 2.05) is 13.8 Å². The van der Waals surface area contributed by atoms with Gasteiger partial charge in [-0.05, 0) is 75.6 Å². The summed E-state index contributed by atoms with van der Waals surface area (Å²) < 4.78 is 39.6. The summed E-state index contributed by atoms with van der Waals surface area (Å²) in [5.74, 6) is -3.06. The first-order chi connectivity index (χ1) is 21.7. The Hall–Kier alpha value is -5.00. The van der Waals surface area contributed by atoms with Crippen molar-refractivity contribution in [2.75, 3.05) is 41.9 Å². The quantitative estimate of drug-likeness (QED) is 0.230. The number of hydrogen-bond acceptors (Lipinski definition) is 6. The summed E-state index contributed by atoms with van der Waals surface area (Å²) in [6, 6.07) is 15.4. The lowest BCUT2D eigenvalue weighted by atomic mass is 10.1. The van der Waals surface area contributed by atoms with Gasteiger partial charge in [-0.3, -0.25) is 9.59 Å². The van der Waals surface area contributed by atoms with Crippen molar-refractivity contribution in [1.29, 1.82) is 0 Å². The highest BCUT2D eigenvalue weighted by molar-refractivity contribution is 6.00. The summed E-state index contributed by atoms with van der Waals surface area (Å²) in [5, 5.41) is 5.15. The molecule has 2 N–H and O–H groups in total. The average Bonchev–Trinajstić information content (AvgIpc) is 2.98. The van der Waals surface area contributed by atoms with Crippen molar-refractivity contribution in [3.05, 3.63) is 83.9 Å². The molecular weight excluding hydrogens is 598 g/mol. The number of carbonyl (C=O) groups is 4. The van der Waals surface area contributed by atoms with Gasteiger partial charge in [-0.1, -0.05) is 38.1 Å². The molecule has 0 aliphatic carbocycles. The maximum atomic E-state index is 14.2. The lowest BCUT2D eigenvalue weighted by Crippen LogP contribution is -2.42. The van der Waals surface area contributed by atoms with E-state index in [0.717, 1.165) is 17.0 Å². The number of nitrogens with zero attached hydrogens (tertiary/aromatic N) is 2. The molecule has 0 fully saturated rings. The molecule has 0 saturated carbocycles. The standard InChI is InChI=1S/C34H40F2N4O6/c1-22(2)17-18-40(29(41)20-37-33(44)38-24-12-9-11-23(19-24)32(43)46-34(3,4)5)27-15-7-8-16-28(27)45-21-30(42)39(6)31-25(35)13-10-14-26(31)36/h7-16,19,22H,17-18,20-21H2,1-6H3,(H2,37,38,44). The van der Waals surface area contributed by atoms with Gasteiger partial charge in [-0.15, -0.1) is 0 Å². The lowest BCUT2D eigenvalue weighted by Gasteiger charge is -2.26. The van der Waals surface area contributed by atoms with Crippen LogP contribution in [0, 0.1) is 17.6 Å². The van der Waals surface area contributed by atoms with Crippen molar-refractivity contribution >= 4 is 40.9 Å². The first-order valence-electron chi connectivity index (χ1n) is 14.8. The number of benzene rings is 3. The Morgan fingerprint density at radius 2 is 1.54 bits per heavy atom. The number of nitrogens with one attached hydrogen (secondary N) is 2. The van der Waals surface area contributed by atoms with Crippen LogP contribution < -0.4 is 25.2 Å². The van der Waals surface area contributed by atoms with Crippen molar-refractivity contribution in [2.24, 2.45) is 5.92 Å². The summed E-state index contributed by atoms with van der Waals surface area (Å²) in [4.78, 5) is 53.6. The molecule has 0 unspecified atom stereocenters. The number of urea groups is 1. The highest BCUT2D eigenvalue weighted by Crippen LogP contribution is 2.29. The number of carbonyl (C=O) groups excluding carboxylic acids is 4. The minimum atomic E-state index is -0.894. The second kappa shape index (κ2) is 15.8. The predicted octanol–water partition coefficient (Wildman–Crippen LogP) is 6.16. The fourth-order valence-electron chi connectivity index (χ4n) is 4.23. The van der Waals surface area contributed by atoms with E-state index in [0.29, 0.717) is 17.8 Å². The normalized spacial score (nSPS) is 11.1. The molecule has 0 aliphatic rings. The molecule has 0 aromatic heterocycles. The summed E-state index contributed by atoms with van der Waals surface area (Å²) in [6.45, 7) is 8.60. The average molecular weight is 639 g/mol. The van der Waals surface area contributed by atoms with E-state index in [1.54, 1.807) is 63.2 Å². The van der Waals surface area contributed by atoms with Gasteiger partial charge in [0.1, 0.15) is 28.7 Å². The van der Waals surface area contributed by atoms with E-state index >= 15 is 0 Å². The Labute approximate surface area is 267 Å². The molecule has 0 atom stereocenters. The van der Waals surface area contributed by atoms with Gasteiger partial charge < -0.3 is 29.9 Å². The van der Waals surface area contributed by atoms with Gasteiger partial charge in [-0.25, -0.2) is 18.4 Å². The van der Waals surface area contributed by atoms with E-state index in [1.165, 1.54) is 24.1 Å². The van der Waals surface area contributed by atoms with Crippen LogP contribution in [0.4, 0.5) is 30.6 Å². The van der Waals surface area contributed by atoms with Gasteiger partial charge in [0.2, 0.25) is 5.91 Å². The number of likely N-dealkylation sites (N-methyl/N-ethyl adjacent to an activating group) is 1. The number of rotatable bonds is 12. The molecule has 0 bridgehead atoms. The van der Waals surface area contributed by atoms with Crippen LogP contribution in [0.3, 0.4) is 0 Å². The van der Waals surface area contributed by atoms with E-state index in [-0.39, 0.29) is 30.3 Å². The van der Waals surface area contributed by atoms with Crippen LogP contribution in [0.2, 0.25) is 0 Å². The first-order valence-corrected chi connectivity index (χ1v) is 14.8. The molecule has 4 amide bonds. The number of para-hydroxylation sites is 3. The third-order valence-electron chi connectivity index (χ3n) is 6.54. The van der Waals surface area contributed by atoms with E-state index in [2.05, 4.69) is 10.6 Å². The number of ether oxygens (including phenoxy) is 2. The van der Waals surface area contributed by atoms with Crippen LogP contribution >= 0.6 is 0 Å². The van der Waals surface area contributed by atoms with Crippen LogP contribution in [0.1, 0.15) is 51.4 Å². The van der Waals surface area contributed by atoms with Crippen molar-refractivity contribution in [1.82, 2.24) is 5.32 Å². The van der Waals surface area contributed by atoms with E-state index < -0.39 is 53.3 Å². The molecule has 3 aromatic rings. The highest BCUT2D eigenvalue weighted by Gasteiger charge is 2.24. The molecule has 46 heavy (non-hydrogen) atoms. The van der Waals surface area contributed by atoms with Gasteiger partial charge in [-0.2, -0.15) is 0 Å². The Bertz CT molecular complexity index is 1540. The summed E-state index contributed by atoms with van der Waals surface area (Å²) in [7, 11) is 1.24. The molecule has 0 aliphatic heterocycles. The van der Waals surface area contributed by atoms with Crippen molar-refractivity contribution < 1.29 is 37.4 Å². The summed E-state index contributed by atoms with van der Waals surface area (Å²) in [6.07, 6.45) is 0.623. The maximum absolute atomic E-state index is 14.2. The molecule has 3 aromatic carbocycles. The minimum absolute atomic E-state index is 0.193. The molecule has 0 spiro atoms. The zero-order valence-electron chi connectivity index (χ0n) is 26.9. The van der Waals surface area contributed by atoms with Crippen LogP contribution in [0.15, 0.2) is 66.7 Å². The van der Waals surface area contributed by atoms with E-state index in [4.69, 9.17) is 9.47 Å². The second-order valence-corrected chi connectivity index (χ2v) is 11.9. The predicted molar refractivity (Wildman–Crippen MR) is 172 cm³/mol. The van der Waals surface area contributed by atoms with Gasteiger partial charge >= 0.3 is 12.0 Å². The summed E-state index contributed by atoms with van der Waals surface area (Å²) in [5.41, 5.74) is -0.250. The third kappa shape index (κ3) is 10.3. The number of esters is 1. The number of anilines is 3. The first kappa shape index (κ1) is 35.5. The van der Waals surface area contributed by atoms with E-state index in [9.17, 15) is 28.0 Å². The molecule has 12 heteroatoms. The molecular formula is C34H40F2N4O6. The van der Waals surface area contributed by atoms with Gasteiger partial charge in [0.25, 0.3) is 5.91 Å². The van der Waals surface area contributed by atoms with Crippen molar-refractivity contribution in [2.45, 2.75) is 46.6 Å². The largest absolute Gasteiger partial charge is 0.482 e. The van der Waals surface area contributed by atoms with Gasteiger partial charge in [0.15, 0.2) is 6.61 Å². The number of hydrogen-bond donors (Lipinski definition) is 2. The van der Waals surface area contributed by atoms with Crippen LogP contribution in [-0.2, 0) is 14.3 Å². The molecule has 246 valence electrons. The molecule has 0 saturated heterocycles. The molecule has 3 rings (SSSR count). The molecule has 10 nitrogen and oxygen atoms in total. The van der Waals surface area contributed by atoms with Crippen LogP contribution in [-0.4, -0.2) is 56.2 Å². The lowest BCUT2D eigenvalue weighted by molar-refractivity contribution is -0.120. The number of halogens is 2. The topological polar surface area (TPSA) is 117 Å². The van der Waals surface area contributed by atoms with Gasteiger partial charge in [0, 0.05) is 19.3 Å². The second-order valence-electron chi connectivity index (χ2n) is 11.9. The molecule has 0 radical (unpaired) electrons. The smallest absolute Gasteiger partial charge is 0.338 e. The third-order valence-corrected chi connectivity index (χ3v) is 6.54. The zero-order valence-corrected chi connectivity index (χ0v) is 26.9. The molecule has 0 heterocycles. The Kier molecular flexibility index (Phi) is 12.2. The van der Waals surface area contributed by atoms with Crippen LogP contribution in [0.25, 0.3) is 0 Å². The SMILES string of the molecule is CC(C)CCN(C(=O)CNC(=O)Nc1cccc(C(=O)OC(C)(C)C)c1)c1ccccc1OCC(=O)N(C)c1c(F)cccc1F. The van der Waals surface area contributed by atoms with Crippen molar-refractivity contribution in [3.8, 4) is 5.75 Å². The highest BCUT2D eigenvalue weighted by atomic mass is 19.1. The monoisotopic (exact) mass is 638 g/mol. The Balaban J connectivity index is 1.70. The fraction of sp³-hybridized carbons (Fsp3) is 0.353. The zero-order chi connectivity index (χ0) is 34.0. The Morgan fingerprint density at radius 1 is 0.891 bits per heavy atom. The van der Waals surface area contributed by atoms with Crippen LogP contribution in [0.5, 0.6) is 5.75 Å². The van der Waals surface area contributed by atoms with Crippen molar-refractivity contribution in [3.63, 3.8) is 0 Å². The Morgan fingerprint density at radius 3 is 2.20 bits per heavy atom. The number of amides is 4.